The molecule has 2 rings (SSSR count). The molecule has 0 spiro atoms. The topological polar surface area (TPSA) is 12.0 Å². The van der Waals surface area contributed by atoms with Gasteiger partial charge in [0.15, 0.2) is 0 Å². The van der Waals surface area contributed by atoms with Crippen molar-refractivity contribution in [2.75, 3.05) is 5.32 Å². The molecule has 1 saturated carbocycles. The van der Waals surface area contributed by atoms with Gasteiger partial charge in [-0.2, -0.15) is 0 Å². The smallest absolute Gasteiger partial charge is 0.0343 e. The lowest BCUT2D eigenvalue weighted by Gasteiger charge is -2.23. The summed E-state index contributed by atoms with van der Waals surface area (Å²) in [6.07, 6.45) is 12.0. The Balaban J connectivity index is 1.95. The molecule has 1 N–H and O–H groups in total. The molecule has 1 aromatic carbocycles. The van der Waals surface area contributed by atoms with Crippen LogP contribution in [0, 0.1) is 12.3 Å². The van der Waals surface area contributed by atoms with E-state index in [0.29, 0.717) is 6.04 Å². The maximum Gasteiger partial charge on any atom is 0.0343 e. The fraction of sp³-hybridized carbons (Fsp3) is 0.429. The van der Waals surface area contributed by atoms with E-state index < -0.39 is 0 Å². The first-order valence-corrected chi connectivity index (χ1v) is 5.72. The van der Waals surface area contributed by atoms with E-state index in [1.807, 2.05) is 12.1 Å². The van der Waals surface area contributed by atoms with Gasteiger partial charge in [-0.3, -0.25) is 0 Å². The van der Waals surface area contributed by atoms with Crippen molar-refractivity contribution in [3.8, 4) is 12.3 Å². The molecule has 1 aliphatic carbocycles. The number of benzene rings is 1. The van der Waals surface area contributed by atoms with E-state index in [2.05, 4.69) is 23.4 Å². The van der Waals surface area contributed by atoms with Gasteiger partial charge in [0.2, 0.25) is 0 Å². The molecule has 0 heterocycles. The second-order valence-electron chi connectivity index (χ2n) is 4.20. The highest BCUT2D eigenvalue weighted by atomic mass is 14.9. The highest BCUT2D eigenvalue weighted by molar-refractivity contribution is 5.48. The maximum absolute atomic E-state index is 5.31. The van der Waals surface area contributed by atoms with Gasteiger partial charge in [-0.15, -0.1) is 6.42 Å². The van der Waals surface area contributed by atoms with Crippen molar-refractivity contribution in [2.45, 2.75) is 38.1 Å². The quantitative estimate of drug-likeness (QED) is 0.720. The van der Waals surface area contributed by atoms with E-state index in [0.717, 1.165) is 5.56 Å². The van der Waals surface area contributed by atoms with Gasteiger partial charge in [0.1, 0.15) is 0 Å². The van der Waals surface area contributed by atoms with Gasteiger partial charge in [0.25, 0.3) is 0 Å². The predicted molar refractivity (Wildman–Crippen MR) is 64.9 cm³/mol. The van der Waals surface area contributed by atoms with Gasteiger partial charge in [-0.1, -0.05) is 25.2 Å². The third-order valence-corrected chi connectivity index (χ3v) is 3.03. The van der Waals surface area contributed by atoms with E-state index >= 15 is 0 Å². The average molecular weight is 199 g/mol. The summed E-state index contributed by atoms with van der Waals surface area (Å²) in [7, 11) is 0. The maximum atomic E-state index is 5.31. The lowest BCUT2D eigenvalue weighted by Crippen LogP contribution is -2.22. The van der Waals surface area contributed by atoms with Crippen LogP contribution in [0.3, 0.4) is 0 Å². The van der Waals surface area contributed by atoms with Crippen LogP contribution < -0.4 is 5.32 Å². The summed E-state index contributed by atoms with van der Waals surface area (Å²) < 4.78 is 0. The summed E-state index contributed by atoms with van der Waals surface area (Å²) in [5.74, 6) is 2.63. The van der Waals surface area contributed by atoms with Crippen molar-refractivity contribution >= 4 is 5.69 Å². The van der Waals surface area contributed by atoms with Crippen LogP contribution in [0.15, 0.2) is 24.3 Å². The van der Waals surface area contributed by atoms with Crippen LogP contribution in [-0.4, -0.2) is 6.04 Å². The van der Waals surface area contributed by atoms with Crippen LogP contribution in [0.1, 0.15) is 37.7 Å². The molecule has 78 valence electrons. The zero-order chi connectivity index (χ0) is 10.5. The SMILES string of the molecule is C#Cc1ccc(NC2CCCCC2)cc1. The van der Waals surface area contributed by atoms with E-state index in [1.54, 1.807) is 0 Å². The second-order valence-corrected chi connectivity index (χ2v) is 4.20. The first kappa shape index (κ1) is 10.1. The fourth-order valence-corrected chi connectivity index (χ4v) is 2.15. The molecular weight excluding hydrogens is 182 g/mol. The monoisotopic (exact) mass is 199 g/mol. The van der Waals surface area contributed by atoms with Crippen molar-refractivity contribution < 1.29 is 0 Å². The lowest BCUT2D eigenvalue weighted by molar-refractivity contribution is 0.463. The van der Waals surface area contributed by atoms with Gasteiger partial charge in [0.05, 0.1) is 0 Å². The molecular formula is C14H17N. The summed E-state index contributed by atoms with van der Waals surface area (Å²) in [5, 5.41) is 3.56. The molecule has 0 atom stereocenters. The van der Waals surface area contributed by atoms with E-state index in [-0.39, 0.29) is 0 Å². The minimum atomic E-state index is 0.662. The fourth-order valence-electron chi connectivity index (χ4n) is 2.15. The molecule has 0 aliphatic heterocycles. The Kier molecular flexibility index (Phi) is 3.29. The Morgan fingerprint density at radius 1 is 1.07 bits per heavy atom. The summed E-state index contributed by atoms with van der Waals surface area (Å²) >= 11 is 0. The predicted octanol–water partition coefficient (Wildman–Crippen LogP) is 3.41. The highest BCUT2D eigenvalue weighted by Gasteiger charge is 2.12. The van der Waals surface area contributed by atoms with Crippen LogP contribution in [0.2, 0.25) is 0 Å². The van der Waals surface area contributed by atoms with Gasteiger partial charge < -0.3 is 5.32 Å². The Morgan fingerprint density at radius 3 is 2.33 bits per heavy atom. The number of hydrogen-bond donors (Lipinski definition) is 1. The zero-order valence-electron chi connectivity index (χ0n) is 9.00. The first-order chi connectivity index (χ1) is 7.38. The molecule has 0 bridgehead atoms. The molecule has 0 unspecified atom stereocenters. The summed E-state index contributed by atoms with van der Waals surface area (Å²) in [6.45, 7) is 0. The minimum Gasteiger partial charge on any atom is -0.382 e. The first-order valence-electron chi connectivity index (χ1n) is 5.72. The summed E-state index contributed by atoms with van der Waals surface area (Å²) in [5.41, 5.74) is 2.14. The number of anilines is 1. The number of nitrogens with one attached hydrogen (secondary N) is 1. The third kappa shape index (κ3) is 2.76. The molecule has 1 heteroatoms. The second kappa shape index (κ2) is 4.89. The molecule has 0 saturated heterocycles. The normalized spacial score (nSPS) is 17.0. The minimum absolute atomic E-state index is 0.662. The summed E-state index contributed by atoms with van der Waals surface area (Å²) in [6, 6.07) is 8.79. The van der Waals surface area contributed by atoms with Crippen LogP contribution in [-0.2, 0) is 0 Å². The van der Waals surface area contributed by atoms with Gasteiger partial charge in [-0.05, 0) is 37.1 Å². The standard InChI is InChI=1S/C14H17N/c1-2-12-8-10-14(11-9-12)15-13-6-4-3-5-7-13/h1,8-11,13,15H,3-7H2. The molecule has 1 nitrogen and oxygen atoms in total. The average Bonchev–Trinajstić information content (AvgIpc) is 2.31. The molecule has 15 heavy (non-hydrogen) atoms. The third-order valence-electron chi connectivity index (χ3n) is 3.03. The van der Waals surface area contributed by atoms with Gasteiger partial charge >= 0.3 is 0 Å². The molecule has 1 fully saturated rings. The Morgan fingerprint density at radius 2 is 1.73 bits per heavy atom. The number of terminal acetylenes is 1. The number of rotatable bonds is 2. The van der Waals surface area contributed by atoms with Crippen LogP contribution in [0.5, 0.6) is 0 Å². The zero-order valence-corrected chi connectivity index (χ0v) is 9.00. The Hall–Kier alpha value is -1.42. The highest BCUT2D eigenvalue weighted by Crippen LogP contribution is 2.21. The van der Waals surface area contributed by atoms with E-state index in [1.165, 1.54) is 37.8 Å². The number of hydrogen-bond acceptors (Lipinski definition) is 1. The molecule has 1 aliphatic rings. The van der Waals surface area contributed by atoms with Crippen molar-refractivity contribution in [1.29, 1.82) is 0 Å². The molecule has 0 aromatic heterocycles. The molecule has 0 amide bonds. The Labute approximate surface area is 91.9 Å². The van der Waals surface area contributed by atoms with Gasteiger partial charge in [-0.25, -0.2) is 0 Å². The van der Waals surface area contributed by atoms with Crippen LogP contribution in [0.4, 0.5) is 5.69 Å². The largest absolute Gasteiger partial charge is 0.382 e. The van der Waals surface area contributed by atoms with Crippen molar-refractivity contribution in [3.63, 3.8) is 0 Å². The summed E-state index contributed by atoms with van der Waals surface area (Å²) in [4.78, 5) is 0. The molecule has 0 radical (unpaired) electrons. The van der Waals surface area contributed by atoms with Crippen molar-refractivity contribution in [3.05, 3.63) is 29.8 Å². The Bertz CT molecular complexity index is 339. The van der Waals surface area contributed by atoms with E-state index in [4.69, 9.17) is 6.42 Å². The van der Waals surface area contributed by atoms with E-state index in [9.17, 15) is 0 Å². The molecule has 1 aromatic rings. The van der Waals surface area contributed by atoms with Crippen LogP contribution in [0.25, 0.3) is 0 Å². The van der Waals surface area contributed by atoms with Gasteiger partial charge in [0, 0.05) is 17.3 Å². The van der Waals surface area contributed by atoms with Crippen molar-refractivity contribution in [1.82, 2.24) is 0 Å². The lowest BCUT2D eigenvalue weighted by atomic mass is 9.95. The van der Waals surface area contributed by atoms with Crippen LogP contribution >= 0.6 is 0 Å². The van der Waals surface area contributed by atoms with Crippen molar-refractivity contribution in [2.24, 2.45) is 0 Å².